The van der Waals surface area contributed by atoms with Crippen LogP contribution in [0.5, 0.6) is 0 Å². The zero-order chi connectivity index (χ0) is 14.6. The molecule has 0 bridgehead atoms. The summed E-state index contributed by atoms with van der Waals surface area (Å²) in [5.41, 5.74) is 0.0190. The van der Waals surface area contributed by atoms with Gasteiger partial charge in [-0.1, -0.05) is 6.07 Å². The average Bonchev–Trinajstić information content (AvgIpc) is 2.25. The molecule has 1 atom stereocenters. The van der Waals surface area contributed by atoms with Crippen LogP contribution in [0.3, 0.4) is 0 Å². The van der Waals surface area contributed by atoms with Crippen molar-refractivity contribution in [1.29, 1.82) is 0 Å². The molecule has 1 aromatic carbocycles. The first kappa shape index (κ1) is 15.6. The van der Waals surface area contributed by atoms with Crippen LogP contribution in [0.25, 0.3) is 0 Å². The highest BCUT2D eigenvalue weighted by atomic mass is 19.1. The van der Waals surface area contributed by atoms with Crippen LogP contribution in [0.4, 0.5) is 8.78 Å². The van der Waals surface area contributed by atoms with Gasteiger partial charge < -0.3 is 10.6 Å². The molecule has 0 aliphatic carbocycles. The quantitative estimate of drug-likeness (QED) is 0.882. The molecule has 0 fully saturated rings. The van der Waals surface area contributed by atoms with Gasteiger partial charge in [-0.05, 0) is 33.8 Å². The average molecular weight is 270 g/mol. The van der Waals surface area contributed by atoms with Crippen LogP contribution in [0, 0.1) is 11.6 Å². The number of carbonyl (C=O) groups is 1. The third-order valence-electron chi connectivity index (χ3n) is 2.51. The number of carbonyl (C=O) groups excluding carboxylic acids is 1. The molecule has 1 amide bonds. The summed E-state index contributed by atoms with van der Waals surface area (Å²) in [5, 5.41) is 5.73. The maximum Gasteiger partial charge on any atom is 0.237 e. The van der Waals surface area contributed by atoms with Gasteiger partial charge in [-0.3, -0.25) is 4.79 Å². The standard InChI is InChI=1S/C14H20F2N2O/c1-9(13(19)18-14(2,3)4)17-8-10-5-6-11(15)7-12(10)16/h5-7,9,17H,8H2,1-4H3,(H,18,19). The second kappa shape index (κ2) is 6.10. The Morgan fingerprint density at radius 2 is 1.95 bits per heavy atom. The number of benzene rings is 1. The maximum absolute atomic E-state index is 13.4. The summed E-state index contributed by atoms with van der Waals surface area (Å²) in [4.78, 5) is 11.8. The number of nitrogens with one attached hydrogen (secondary N) is 2. The molecule has 106 valence electrons. The van der Waals surface area contributed by atoms with Gasteiger partial charge in [0, 0.05) is 23.7 Å². The number of amides is 1. The number of hydrogen-bond acceptors (Lipinski definition) is 2. The molecule has 5 heteroatoms. The Hall–Kier alpha value is -1.49. The lowest BCUT2D eigenvalue weighted by Crippen LogP contribution is -2.49. The van der Waals surface area contributed by atoms with Gasteiger partial charge >= 0.3 is 0 Å². The Morgan fingerprint density at radius 1 is 1.32 bits per heavy atom. The minimum atomic E-state index is -0.615. The van der Waals surface area contributed by atoms with E-state index in [0.717, 1.165) is 6.07 Å². The van der Waals surface area contributed by atoms with Crippen molar-refractivity contribution in [2.75, 3.05) is 0 Å². The molecule has 1 unspecified atom stereocenters. The molecule has 0 spiro atoms. The molecule has 0 aliphatic rings. The third kappa shape index (κ3) is 5.34. The van der Waals surface area contributed by atoms with Gasteiger partial charge in [-0.2, -0.15) is 0 Å². The Labute approximate surface area is 112 Å². The Morgan fingerprint density at radius 3 is 2.47 bits per heavy atom. The summed E-state index contributed by atoms with van der Waals surface area (Å²) >= 11 is 0. The third-order valence-corrected chi connectivity index (χ3v) is 2.51. The van der Waals surface area contributed by atoms with E-state index in [4.69, 9.17) is 0 Å². The van der Waals surface area contributed by atoms with Crippen molar-refractivity contribution in [2.45, 2.75) is 45.8 Å². The summed E-state index contributed by atoms with van der Waals surface area (Å²) in [6.45, 7) is 7.53. The number of hydrogen-bond donors (Lipinski definition) is 2. The van der Waals surface area contributed by atoms with E-state index in [1.807, 2.05) is 20.8 Å². The SMILES string of the molecule is CC(NCc1ccc(F)cc1F)C(=O)NC(C)(C)C. The minimum Gasteiger partial charge on any atom is -0.350 e. The van der Waals surface area contributed by atoms with Crippen molar-refractivity contribution in [1.82, 2.24) is 10.6 Å². The zero-order valence-electron chi connectivity index (χ0n) is 11.7. The lowest BCUT2D eigenvalue weighted by Gasteiger charge is -2.23. The molecule has 0 aliphatic heterocycles. The van der Waals surface area contributed by atoms with E-state index in [-0.39, 0.29) is 18.0 Å². The molecule has 0 saturated carbocycles. The molecule has 3 nitrogen and oxygen atoms in total. The predicted molar refractivity (Wildman–Crippen MR) is 70.6 cm³/mol. The van der Waals surface area contributed by atoms with Crippen molar-refractivity contribution in [2.24, 2.45) is 0 Å². The largest absolute Gasteiger partial charge is 0.350 e. The van der Waals surface area contributed by atoms with Crippen LogP contribution in [0.1, 0.15) is 33.3 Å². The summed E-state index contributed by atoms with van der Waals surface area (Å²) in [6, 6.07) is 2.94. The highest BCUT2D eigenvalue weighted by molar-refractivity contribution is 5.81. The van der Waals surface area contributed by atoms with Crippen molar-refractivity contribution in [3.63, 3.8) is 0 Å². The van der Waals surface area contributed by atoms with E-state index >= 15 is 0 Å². The summed E-state index contributed by atoms with van der Waals surface area (Å²) in [5.74, 6) is -1.38. The molecular formula is C14H20F2N2O. The van der Waals surface area contributed by atoms with Gasteiger partial charge in [0.05, 0.1) is 6.04 Å². The van der Waals surface area contributed by atoms with E-state index in [1.54, 1.807) is 6.92 Å². The Kier molecular flexibility index (Phi) is 5.00. The van der Waals surface area contributed by atoms with Gasteiger partial charge in [0.15, 0.2) is 0 Å². The summed E-state index contributed by atoms with van der Waals surface area (Å²) < 4.78 is 26.1. The van der Waals surface area contributed by atoms with Crippen LogP contribution in [-0.2, 0) is 11.3 Å². The molecule has 19 heavy (non-hydrogen) atoms. The van der Waals surface area contributed by atoms with Crippen LogP contribution in [0.2, 0.25) is 0 Å². The van der Waals surface area contributed by atoms with Crippen molar-refractivity contribution in [3.8, 4) is 0 Å². The van der Waals surface area contributed by atoms with E-state index in [0.29, 0.717) is 5.56 Å². The zero-order valence-corrected chi connectivity index (χ0v) is 11.7. The number of rotatable bonds is 4. The van der Waals surface area contributed by atoms with E-state index in [1.165, 1.54) is 12.1 Å². The molecule has 0 saturated heterocycles. The second-order valence-electron chi connectivity index (χ2n) is 5.58. The fourth-order valence-corrected chi connectivity index (χ4v) is 1.50. The van der Waals surface area contributed by atoms with E-state index < -0.39 is 17.7 Å². The molecule has 0 heterocycles. The van der Waals surface area contributed by atoms with E-state index in [9.17, 15) is 13.6 Å². The first-order chi connectivity index (χ1) is 8.69. The van der Waals surface area contributed by atoms with Crippen LogP contribution in [-0.4, -0.2) is 17.5 Å². The smallest absolute Gasteiger partial charge is 0.237 e. The molecule has 0 aromatic heterocycles. The fraction of sp³-hybridized carbons (Fsp3) is 0.500. The van der Waals surface area contributed by atoms with Gasteiger partial charge in [0.25, 0.3) is 0 Å². The van der Waals surface area contributed by atoms with Gasteiger partial charge in [0.2, 0.25) is 5.91 Å². The van der Waals surface area contributed by atoms with Crippen molar-refractivity contribution < 1.29 is 13.6 Å². The topological polar surface area (TPSA) is 41.1 Å². The normalized spacial score (nSPS) is 13.2. The van der Waals surface area contributed by atoms with Gasteiger partial charge in [-0.15, -0.1) is 0 Å². The molecule has 1 aromatic rings. The Balaban J connectivity index is 2.54. The fourth-order valence-electron chi connectivity index (χ4n) is 1.50. The van der Waals surface area contributed by atoms with Crippen LogP contribution < -0.4 is 10.6 Å². The van der Waals surface area contributed by atoms with Gasteiger partial charge in [0.1, 0.15) is 11.6 Å². The van der Waals surface area contributed by atoms with Crippen LogP contribution >= 0.6 is 0 Å². The highest BCUT2D eigenvalue weighted by Crippen LogP contribution is 2.09. The minimum absolute atomic E-state index is 0.157. The molecule has 1 rings (SSSR count). The monoisotopic (exact) mass is 270 g/mol. The van der Waals surface area contributed by atoms with Crippen molar-refractivity contribution in [3.05, 3.63) is 35.4 Å². The molecular weight excluding hydrogens is 250 g/mol. The lowest BCUT2D eigenvalue weighted by molar-refractivity contribution is -0.124. The predicted octanol–water partition coefficient (Wildman–Crippen LogP) is 2.36. The molecule has 0 radical (unpaired) electrons. The maximum atomic E-state index is 13.4. The molecule has 2 N–H and O–H groups in total. The van der Waals surface area contributed by atoms with Crippen molar-refractivity contribution >= 4 is 5.91 Å². The van der Waals surface area contributed by atoms with E-state index in [2.05, 4.69) is 10.6 Å². The second-order valence-corrected chi connectivity index (χ2v) is 5.58. The van der Waals surface area contributed by atoms with Crippen LogP contribution in [0.15, 0.2) is 18.2 Å². The first-order valence-electron chi connectivity index (χ1n) is 6.18. The lowest BCUT2D eigenvalue weighted by atomic mass is 10.1. The summed E-state index contributed by atoms with van der Waals surface area (Å²) in [7, 11) is 0. The Bertz CT molecular complexity index is 455. The highest BCUT2D eigenvalue weighted by Gasteiger charge is 2.19. The summed E-state index contributed by atoms with van der Waals surface area (Å²) in [6.07, 6.45) is 0. The van der Waals surface area contributed by atoms with Gasteiger partial charge in [-0.25, -0.2) is 8.78 Å². The first-order valence-corrected chi connectivity index (χ1v) is 6.18. The number of halogens is 2.